The standard InChI is InChI=1S/C8H15NOS/c1-2-3-4-5-6-7-8(10)9-11/h2-7H2,1H3. The van der Waals surface area contributed by atoms with Crippen molar-refractivity contribution < 1.29 is 4.79 Å². The molecular weight excluding hydrogens is 158 g/mol. The quantitative estimate of drug-likeness (QED) is 0.578. The predicted molar refractivity (Wildman–Crippen MR) is 48.2 cm³/mol. The van der Waals surface area contributed by atoms with Crippen LogP contribution in [0.2, 0.25) is 0 Å². The van der Waals surface area contributed by atoms with Crippen LogP contribution >= 0.6 is 0 Å². The van der Waals surface area contributed by atoms with E-state index in [1.165, 1.54) is 19.3 Å². The molecule has 0 atom stereocenters. The van der Waals surface area contributed by atoms with Gasteiger partial charge < -0.3 is 0 Å². The molecule has 0 aliphatic rings. The zero-order valence-electron chi connectivity index (χ0n) is 7.01. The van der Waals surface area contributed by atoms with Gasteiger partial charge in [0, 0.05) is 18.8 Å². The van der Waals surface area contributed by atoms with Crippen molar-refractivity contribution in [2.24, 2.45) is 4.36 Å². The highest BCUT2D eigenvalue weighted by Gasteiger charge is 1.96. The molecule has 64 valence electrons. The van der Waals surface area contributed by atoms with Crippen molar-refractivity contribution in [1.82, 2.24) is 0 Å². The van der Waals surface area contributed by atoms with Gasteiger partial charge in [0.15, 0.2) is 0 Å². The van der Waals surface area contributed by atoms with Gasteiger partial charge in [-0.25, -0.2) is 0 Å². The molecule has 0 rings (SSSR count). The summed E-state index contributed by atoms with van der Waals surface area (Å²) < 4.78 is 3.15. The fraction of sp³-hybridized carbons (Fsp3) is 0.875. The van der Waals surface area contributed by atoms with Gasteiger partial charge in [-0.1, -0.05) is 32.6 Å². The van der Waals surface area contributed by atoms with Gasteiger partial charge in [-0.05, 0) is 6.42 Å². The summed E-state index contributed by atoms with van der Waals surface area (Å²) in [5.41, 5.74) is 0. The lowest BCUT2D eigenvalue weighted by atomic mass is 10.1. The van der Waals surface area contributed by atoms with Gasteiger partial charge in [0.1, 0.15) is 0 Å². The molecule has 0 N–H and O–H groups in total. The van der Waals surface area contributed by atoms with Crippen LogP contribution in [0.3, 0.4) is 0 Å². The van der Waals surface area contributed by atoms with E-state index in [2.05, 4.69) is 23.7 Å². The smallest absolute Gasteiger partial charge is 0.256 e. The van der Waals surface area contributed by atoms with Crippen molar-refractivity contribution in [3.63, 3.8) is 0 Å². The van der Waals surface area contributed by atoms with Crippen LogP contribution in [0.1, 0.15) is 45.4 Å². The van der Waals surface area contributed by atoms with Crippen LogP contribution < -0.4 is 0 Å². The molecule has 0 aromatic heterocycles. The number of amides is 1. The zero-order valence-corrected chi connectivity index (χ0v) is 7.82. The van der Waals surface area contributed by atoms with Crippen LogP contribution in [-0.2, 0) is 17.2 Å². The summed E-state index contributed by atoms with van der Waals surface area (Å²) in [6.45, 7) is 2.17. The lowest BCUT2D eigenvalue weighted by molar-refractivity contribution is -0.117. The summed E-state index contributed by atoms with van der Waals surface area (Å²) in [4.78, 5) is 10.6. The SMILES string of the molecule is CCCCCCCC(=O)N=S. The van der Waals surface area contributed by atoms with Crippen molar-refractivity contribution in [2.45, 2.75) is 45.4 Å². The Morgan fingerprint density at radius 1 is 1.27 bits per heavy atom. The maximum atomic E-state index is 10.6. The third-order valence-electron chi connectivity index (χ3n) is 1.60. The zero-order chi connectivity index (χ0) is 8.53. The Morgan fingerprint density at radius 3 is 2.45 bits per heavy atom. The molecule has 0 spiro atoms. The molecule has 0 radical (unpaired) electrons. The minimum Gasteiger partial charge on any atom is -0.272 e. The number of rotatable bonds is 6. The molecule has 0 aliphatic carbocycles. The first kappa shape index (κ1) is 10.7. The topological polar surface area (TPSA) is 29.4 Å². The second-order valence-electron chi connectivity index (χ2n) is 2.65. The maximum Gasteiger partial charge on any atom is 0.256 e. The number of unbranched alkanes of at least 4 members (excludes halogenated alkanes) is 4. The Morgan fingerprint density at radius 2 is 1.91 bits per heavy atom. The molecule has 0 saturated carbocycles. The predicted octanol–water partition coefficient (Wildman–Crippen LogP) is 2.60. The fourth-order valence-electron chi connectivity index (χ4n) is 0.925. The van der Waals surface area contributed by atoms with Crippen LogP contribution in [0.5, 0.6) is 0 Å². The molecule has 0 saturated heterocycles. The van der Waals surface area contributed by atoms with Crippen LogP contribution in [0, 0.1) is 0 Å². The summed E-state index contributed by atoms with van der Waals surface area (Å²) in [6.07, 6.45) is 6.33. The minimum atomic E-state index is -0.142. The molecule has 1 amide bonds. The van der Waals surface area contributed by atoms with Crippen LogP contribution in [-0.4, -0.2) is 5.91 Å². The van der Waals surface area contributed by atoms with E-state index in [0.29, 0.717) is 6.42 Å². The average Bonchev–Trinajstić information content (AvgIpc) is 2.04. The minimum absolute atomic E-state index is 0.142. The van der Waals surface area contributed by atoms with E-state index in [-0.39, 0.29) is 5.91 Å². The van der Waals surface area contributed by atoms with E-state index in [0.717, 1.165) is 12.8 Å². The Balaban J connectivity index is 3.01. The normalized spacial score (nSPS) is 9.55. The number of hydrogen-bond donors (Lipinski definition) is 0. The van der Waals surface area contributed by atoms with Crippen molar-refractivity contribution >= 4 is 18.3 Å². The van der Waals surface area contributed by atoms with E-state index < -0.39 is 0 Å². The molecule has 0 fully saturated rings. The highest BCUT2D eigenvalue weighted by atomic mass is 32.1. The van der Waals surface area contributed by atoms with Crippen molar-refractivity contribution in [3.05, 3.63) is 0 Å². The summed E-state index contributed by atoms with van der Waals surface area (Å²) in [5.74, 6) is -0.142. The van der Waals surface area contributed by atoms with Gasteiger partial charge in [0.05, 0.1) is 0 Å². The van der Waals surface area contributed by atoms with E-state index in [1.807, 2.05) is 0 Å². The van der Waals surface area contributed by atoms with Crippen molar-refractivity contribution in [3.8, 4) is 0 Å². The Kier molecular flexibility index (Phi) is 7.57. The second kappa shape index (κ2) is 7.79. The third-order valence-corrected chi connectivity index (χ3v) is 1.80. The summed E-state index contributed by atoms with van der Waals surface area (Å²) in [5, 5.41) is 0. The monoisotopic (exact) mass is 173 g/mol. The number of carbonyl (C=O) groups excluding carboxylic acids is 1. The average molecular weight is 173 g/mol. The Hall–Kier alpha value is -0.310. The lowest BCUT2D eigenvalue weighted by Gasteiger charge is -1.95. The highest BCUT2D eigenvalue weighted by molar-refractivity contribution is 7.47. The number of carbonyl (C=O) groups is 1. The largest absolute Gasteiger partial charge is 0.272 e. The van der Waals surface area contributed by atoms with Gasteiger partial charge in [-0.2, -0.15) is 0 Å². The molecule has 0 aliphatic heterocycles. The Labute approximate surface area is 73.5 Å². The number of nitrogens with zero attached hydrogens (tertiary/aromatic N) is 1. The molecule has 2 nitrogen and oxygen atoms in total. The van der Waals surface area contributed by atoms with Gasteiger partial charge in [0.25, 0.3) is 5.91 Å². The summed E-state index contributed by atoms with van der Waals surface area (Å²) in [7, 11) is 0. The number of hydrogen-bond acceptors (Lipinski definition) is 2. The second-order valence-corrected chi connectivity index (χ2v) is 2.83. The van der Waals surface area contributed by atoms with Crippen LogP contribution in [0.15, 0.2) is 4.36 Å². The molecule has 0 bridgehead atoms. The van der Waals surface area contributed by atoms with E-state index >= 15 is 0 Å². The summed E-state index contributed by atoms with van der Waals surface area (Å²) >= 11 is 4.25. The molecule has 3 heteroatoms. The van der Waals surface area contributed by atoms with Gasteiger partial charge >= 0.3 is 0 Å². The highest BCUT2D eigenvalue weighted by Crippen LogP contribution is 2.05. The Bertz CT molecular complexity index is 125. The molecule has 11 heavy (non-hydrogen) atoms. The fourth-order valence-corrected chi connectivity index (χ4v) is 1.02. The van der Waals surface area contributed by atoms with Crippen LogP contribution in [0.4, 0.5) is 0 Å². The van der Waals surface area contributed by atoms with Crippen molar-refractivity contribution in [1.29, 1.82) is 0 Å². The summed E-state index contributed by atoms with van der Waals surface area (Å²) in [6, 6.07) is 0. The van der Waals surface area contributed by atoms with E-state index in [9.17, 15) is 4.79 Å². The third kappa shape index (κ3) is 7.59. The lowest BCUT2D eigenvalue weighted by Crippen LogP contribution is -1.90. The molecule has 0 unspecified atom stereocenters. The van der Waals surface area contributed by atoms with Gasteiger partial charge in [-0.3, -0.25) is 4.79 Å². The van der Waals surface area contributed by atoms with Gasteiger partial charge in [-0.15, -0.1) is 4.36 Å². The molecule has 0 heterocycles. The maximum absolute atomic E-state index is 10.6. The first-order valence-electron chi connectivity index (χ1n) is 4.17. The van der Waals surface area contributed by atoms with Gasteiger partial charge in [0.2, 0.25) is 0 Å². The molecular formula is C8H15NOS. The molecule has 0 aromatic rings. The first-order valence-corrected chi connectivity index (χ1v) is 4.54. The molecule has 0 aromatic carbocycles. The van der Waals surface area contributed by atoms with Crippen LogP contribution in [0.25, 0.3) is 0 Å². The van der Waals surface area contributed by atoms with E-state index in [1.54, 1.807) is 0 Å². The first-order chi connectivity index (χ1) is 5.31. The van der Waals surface area contributed by atoms with E-state index in [4.69, 9.17) is 0 Å². The van der Waals surface area contributed by atoms with Crippen molar-refractivity contribution in [2.75, 3.05) is 0 Å².